The molecule has 0 saturated carbocycles. The summed E-state index contributed by atoms with van der Waals surface area (Å²) in [4.78, 5) is 10.1. The first-order valence-corrected chi connectivity index (χ1v) is 7.13. The lowest BCUT2D eigenvalue weighted by atomic mass is 10.3. The van der Waals surface area contributed by atoms with Crippen molar-refractivity contribution in [1.29, 1.82) is 0 Å². The molecule has 0 radical (unpaired) electrons. The lowest BCUT2D eigenvalue weighted by molar-refractivity contribution is 0.302. The van der Waals surface area contributed by atoms with E-state index in [-0.39, 0.29) is 11.6 Å². The zero-order valence-corrected chi connectivity index (χ0v) is 12.8. The number of aromatic nitrogens is 2. The second-order valence-corrected chi connectivity index (χ2v) is 4.92. The van der Waals surface area contributed by atoms with Crippen LogP contribution in [0.4, 0.5) is 27.4 Å². The number of hydrogen-bond donors (Lipinski definition) is 3. The van der Waals surface area contributed by atoms with Crippen LogP contribution in [0.5, 0.6) is 0 Å². The van der Waals surface area contributed by atoms with E-state index in [1.807, 2.05) is 11.8 Å². The molecule has 0 saturated heterocycles. The maximum atomic E-state index is 13.2. The summed E-state index contributed by atoms with van der Waals surface area (Å²) in [5, 5.41) is 12.1. The Balaban J connectivity index is 2.30. The third kappa shape index (κ3) is 3.55. The quantitative estimate of drug-likeness (QED) is 0.756. The standard InChI is InChI=1S/C14H17ClFN5O/c1-2-21(5-6-22)14-12(17)13(18-8-19-14)20-9-3-4-11(16)10(15)7-9/h3-4,7-8,22H,2,5-6,17H2,1H3,(H,18,19,20). The number of nitrogens with one attached hydrogen (secondary N) is 1. The van der Waals surface area contributed by atoms with Gasteiger partial charge in [0.25, 0.3) is 0 Å². The number of nitrogen functional groups attached to an aromatic ring is 1. The summed E-state index contributed by atoms with van der Waals surface area (Å²) in [5.41, 5.74) is 7.00. The third-order valence-corrected chi connectivity index (χ3v) is 3.39. The van der Waals surface area contributed by atoms with Gasteiger partial charge in [0.05, 0.1) is 11.6 Å². The fraction of sp³-hybridized carbons (Fsp3) is 0.286. The SMILES string of the molecule is CCN(CCO)c1ncnc(Nc2ccc(F)c(Cl)c2)c1N. The monoisotopic (exact) mass is 325 g/mol. The molecular formula is C14H17ClFN5O. The molecule has 0 unspecified atom stereocenters. The van der Waals surface area contributed by atoms with Crippen LogP contribution in [-0.2, 0) is 0 Å². The first-order chi connectivity index (χ1) is 10.6. The Hall–Kier alpha value is -2.12. The van der Waals surface area contributed by atoms with Gasteiger partial charge in [-0.1, -0.05) is 11.6 Å². The molecule has 0 spiro atoms. The van der Waals surface area contributed by atoms with Crippen LogP contribution < -0.4 is 16.0 Å². The van der Waals surface area contributed by atoms with Crippen LogP contribution in [0, 0.1) is 5.82 Å². The van der Waals surface area contributed by atoms with Gasteiger partial charge in [0, 0.05) is 18.8 Å². The van der Waals surface area contributed by atoms with Crippen molar-refractivity contribution < 1.29 is 9.50 Å². The Labute approximate surface area is 132 Å². The first kappa shape index (κ1) is 16.3. The van der Waals surface area contributed by atoms with Gasteiger partial charge in [-0.05, 0) is 25.1 Å². The van der Waals surface area contributed by atoms with E-state index in [1.54, 1.807) is 0 Å². The van der Waals surface area contributed by atoms with E-state index in [1.165, 1.54) is 24.5 Å². The number of anilines is 4. The normalized spacial score (nSPS) is 10.5. The molecule has 2 aromatic rings. The number of nitrogens with two attached hydrogens (primary N) is 1. The summed E-state index contributed by atoms with van der Waals surface area (Å²) in [7, 11) is 0. The van der Waals surface area contributed by atoms with Gasteiger partial charge in [-0.2, -0.15) is 0 Å². The fourth-order valence-corrected chi connectivity index (χ4v) is 2.16. The van der Waals surface area contributed by atoms with Crippen molar-refractivity contribution in [3.63, 3.8) is 0 Å². The smallest absolute Gasteiger partial charge is 0.159 e. The summed E-state index contributed by atoms with van der Waals surface area (Å²) in [6, 6.07) is 4.24. The number of aliphatic hydroxyl groups is 1. The van der Waals surface area contributed by atoms with Crippen LogP contribution in [-0.4, -0.2) is 34.8 Å². The van der Waals surface area contributed by atoms with Gasteiger partial charge in [-0.25, -0.2) is 14.4 Å². The van der Waals surface area contributed by atoms with Crippen LogP contribution in [0.1, 0.15) is 6.92 Å². The van der Waals surface area contributed by atoms with Gasteiger partial charge < -0.3 is 21.1 Å². The van der Waals surface area contributed by atoms with Crippen LogP contribution in [0.3, 0.4) is 0 Å². The minimum atomic E-state index is -0.497. The number of benzene rings is 1. The van der Waals surface area contributed by atoms with Gasteiger partial charge in [0.15, 0.2) is 11.6 Å². The van der Waals surface area contributed by atoms with Crippen molar-refractivity contribution in [1.82, 2.24) is 9.97 Å². The summed E-state index contributed by atoms with van der Waals surface area (Å²) in [6.45, 7) is 2.99. The summed E-state index contributed by atoms with van der Waals surface area (Å²) in [5.74, 6) is 0.426. The fourth-order valence-electron chi connectivity index (χ4n) is 1.98. The predicted octanol–water partition coefficient (Wildman–Crippen LogP) is 2.41. The lowest BCUT2D eigenvalue weighted by Gasteiger charge is -2.23. The first-order valence-electron chi connectivity index (χ1n) is 6.75. The molecule has 4 N–H and O–H groups in total. The molecule has 0 aliphatic carbocycles. The van der Waals surface area contributed by atoms with Gasteiger partial charge in [-0.15, -0.1) is 0 Å². The molecule has 0 aliphatic heterocycles. The Morgan fingerprint density at radius 1 is 1.41 bits per heavy atom. The molecule has 2 rings (SSSR count). The molecule has 1 heterocycles. The van der Waals surface area contributed by atoms with E-state index in [0.29, 0.717) is 36.1 Å². The average Bonchev–Trinajstić information content (AvgIpc) is 2.51. The number of rotatable bonds is 6. The number of hydrogen-bond acceptors (Lipinski definition) is 6. The van der Waals surface area contributed by atoms with Crippen LogP contribution in [0.2, 0.25) is 5.02 Å². The second kappa shape index (κ2) is 7.24. The number of likely N-dealkylation sites (N-methyl/N-ethyl adjacent to an activating group) is 1. The Kier molecular flexibility index (Phi) is 5.35. The maximum Gasteiger partial charge on any atom is 0.159 e. The van der Waals surface area contributed by atoms with Gasteiger partial charge >= 0.3 is 0 Å². The van der Waals surface area contributed by atoms with E-state index in [2.05, 4.69) is 15.3 Å². The van der Waals surface area contributed by atoms with Crippen molar-refractivity contribution in [3.05, 3.63) is 35.4 Å². The molecule has 0 atom stereocenters. The van der Waals surface area contributed by atoms with Crippen molar-refractivity contribution in [2.45, 2.75) is 6.92 Å². The van der Waals surface area contributed by atoms with Gasteiger partial charge in [0.1, 0.15) is 17.8 Å². The zero-order valence-electron chi connectivity index (χ0n) is 12.1. The van der Waals surface area contributed by atoms with Crippen LogP contribution >= 0.6 is 11.6 Å². The summed E-state index contributed by atoms with van der Waals surface area (Å²) < 4.78 is 13.2. The van der Waals surface area contributed by atoms with E-state index >= 15 is 0 Å². The van der Waals surface area contributed by atoms with E-state index in [0.717, 1.165) is 0 Å². The lowest BCUT2D eigenvalue weighted by Crippen LogP contribution is -2.28. The summed E-state index contributed by atoms with van der Waals surface area (Å²) >= 11 is 5.75. The van der Waals surface area contributed by atoms with Crippen molar-refractivity contribution >= 4 is 34.6 Å². The van der Waals surface area contributed by atoms with Crippen molar-refractivity contribution in [3.8, 4) is 0 Å². The van der Waals surface area contributed by atoms with Crippen LogP contribution in [0.15, 0.2) is 24.5 Å². The highest BCUT2D eigenvalue weighted by Gasteiger charge is 2.14. The average molecular weight is 326 g/mol. The molecule has 22 heavy (non-hydrogen) atoms. The van der Waals surface area contributed by atoms with E-state index in [9.17, 15) is 4.39 Å². The van der Waals surface area contributed by atoms with Crippen molar-refractivity contribution in [2.24, 2.45) is 0 Å². The third-order valence-electron chi connectivity index (χ3n) is 3.10. The molecule has 1 aromatic carbocycles. The Bertz CT molecular complexity index is 655. The highest BCUT2D eigenvalue weighted by Crippen LogP contribution is 2.29. The second-order valence-electron chi connectivity index (χ2n) is 4.52. The predicted molar refractivity (Wildman–Crippen MR) is 86.1 cm³/mol. The Morgan fingerprint density at radius 2 is 2.18 bits per heavy atom. The molecule has 0 aliphatic rings. The molecule has 6 nitrogen and oxygen atoms in total. The summed E-state index contributed by atoms with van der Waals surface area (Å²) in [6.07, 6.45) is 1.37. The molecule has 0 amide bonds. The number of halogens is 2. The highest BCUT2D eigenvalue weighted by molar-refractivity contribution is 6.31. The molecule has 0 bridgehead atoms. The van der Waals surface area contributed by atoms with Gasteiger partial charge in [-0.3, -0.25) is 0 Å². The number of aliphatic hydroxyl groups excluding tert-OH is 1. The zero-order chi connectivity index (χ0) is 16.1. The topological polar surface area (TPSA) is 87.3 Å². The van der Waals surface area contributed by atoms with Crippen LogP contribution in [0.25, 0.3) is 0 Å². The molecule has 1 aromatic heterocycles. The highest BCUT2D eigenvalue weighted by atomic mass is 35.5. The molecule has 8 heteroatoms. The minimum absolute atomic E-state index is 0.00633. The maximum absolute atomic E-state index is 13.2. The minimum Gasteiger partial charge on any atom is -0.395 e. The number of nitrogens with zero attached hydrogens (tertiary/aromatic N) is 3. The van der Waals surface area contributed by atoms with Crippen molar-refractivity contribution in [2.75, 3.05) is 35.6 Å². The largest absolute Gasteiger partial charge is 0.395 e. The molecule has 0 fully saturated rings. The van der Waals surface area contributed by atoms with E-state index in [4.69, 9.17) is 22.4 Å². The molecule has 118 valence electrons. The van der Waals surface area contributed by atoms with E-state index < -0.39 is 5.82 Å². The Morgan fingerprint density at radius 3 is 2.82 bits per heavy atom. The molecular weight excluding hydrogens is 309 g/mol. The van der Waals surface area contributed by atoms with Gasteiger partial charge in [0.2, 0.25) is 0 Å².